The first-order valence-electron chi connectivity index (χ1n) is 8.05. The van der Waals surface area contributed by atoms with E-state index in [1.807, 2.05) is 17.5 Å². The molecule has 7 nitrogen and oxygen atoms in total. The van der Waals surface area contributed by atoms with Gasteiger partial charge in [-0.15, -0.1) is 11.3 Å². The number of nitrogen functional groups attached to an aromatic ring is 1. The second kappa shape index (κ2) is 6.93. The highest BCUT2D eigenvalue weighted by Gasteiger charge is 2.11. The van der Waals surface area contributed by atoms with Crippen molar-refractivity contribution in [3.05, 3.63) is 60.2 Å². The number of nitrogens with one attached hydrogen (secondary N) is 2. The van der Waals surface area contributed by atoms with Crippen molar-refractivity contribution in [1.29, 1.82) is 0 Å². The van der Waals surface area contributed by atoms with Crippen LogP contribution in [0.15, 0.2) is 60.2 Å². The van der Waals surface area contributed by atoms with E-state index in [4.69, 9.17) is 5.73 Å². The second-order valence-corrected chi connectivity index (χ2v) is 6.65. The summed E-state index contributed by atoms with van der Waals surface area (Å²) in [4.78, 5) is 21.2. The number of phenols is 1. The van der Waals surface area contributed by atoms with Crippen LogP contribution in [0.5, 0.6) is 5.75 Å². The smallest absolute Gasteiger partial charge is 0.323 e. The molecule has 4 aromatic rings. The standard InChI is InChI=1S/C19H15N5O2S/c20-17-16-15(9-27-18(16)22-10-21-17)11-4-6-12(7-5-11)23-19(26)24-13-2-1-3-14(25)8-13/h1-10,25H,(H2,20,21,22)(H2,23,24,26). The molecule has 0 fully saturated rings. The number of hydrogen-bond donors (Lipinski definition) is 4. The molecule has 0 aliphatic heterocycles. The molecule has 134 valence electrons. The minimum atomic E-state index is -0.396. The predicted molar refractivity (Wildman–Crippen MR) is 108 cm³/mol. The predicted octanol–water partition coefficient (Wildman–Crippen LogP) is 4.29. The Morgan fingerprint density at radius 2 is 1.81 bits per heavy atom. The molecule has 0 aliphatic carbocycles. The summed E-state index contributed by atoms with van der Waals surface area (Å²) in [5, 5.41) is 17.7. The molecule has 4 rings (SSSR count). The summed E-state index contributed by atoms with van der Waals surface area (Å²) in [7, 11) is 0. The Morgan fingerprint density at radius 1 is 1.04 bits per heavy atom. The molecule has 2 aromatic heterocycles. The first-order chi connectivity index (χ1) is 13.1. The molecule has 5 N–H and O–H groups in total. The van der Waals surface area contributed by atoms with E-state index < -0.39 is 6.03 Å². The van der Waals surface area contributed by atoms with E-state index in [1.54, 1.807) is 24.3 Å². The topological polar surface area (TPSA) is 113 Å². The van der Waals surface area contributed by atoms with E-state index in [9.17, 15) is 9.90 Å². The van der Waals surface area contributed by atoms with Crippen LogP contribution in [0.25, 0.3) is 21.3 Å². The molecular formula is C19H15N5O2S. The number of carbonyl (C=O) groups excluding carboxylic acids is 1. The highest BCUT2D eigenvalue weighted by atomic mass is 32.1. The summed E-state index contributed by atoms with van der Waals surface area (Å²) in [6.07, 6.45) is 1.45. The first-order valence-corrected chi connectivity index (χ1v) is 8.93. The lowest BCUT2D eigenvalue weighted by Gasteiger charge is -2.09. The lowest BCUT2D eigenvalue weighted by atomic mass is 10.1. The molecular weight excluding hydrogens is 362 g/mol. The maximum atomic E-state index is 12.1. The van der Waals surface area contributed by atoms with Crippen LogP contribution < -0.4 is 16.4 Å². The SMILES string of the molecule is Nc1ncnc2scc(-c3ccc(NC(=O)Nc4cccc(O)c4)cc3)c12. The summed E-state index contributed by atoms with van der Waals surface area (Å²) in [5.41, 5.74) is 9.06. The van der Waals surface area contributed by atoms with Gasteiger partial charge in [-0.3, -0.25) is 0 Å². The fraction of sp³-hybridized carbons (Fsp3) is 0. The number of thiophene rings is 1. The van der Waals surface area contributed by atoms with E-state index in [0.29, 0.717) is 17.2 Å². The normalized spacial score (nSPS) is 10.7. The Bertz CT molecular complexity index is 1120. The number of urea groups is 1. The Kier molecular flexibility index (Phi) is 4.31. The Morgan fingerprint density at radius 3 is 2.59 bits per heavy atom. The quantitative estimate of drug-likeness (QED) is 0.425. The lowest BCUT2D eigenvalue weighted by Crippen LogP contribution is -2.19. The van der Waals surface area contributed by atoms with Gasteiger partial charge in [-0.1, -0.05) is 18.2 Å². The van der Waals surface area contributed by atoms with Gasteiger partial charge in [0.05, 0.1) is 5.39 Å². The molecule has 2 aromatic carbocycles. The van der Waals surface area contributed by atoms with E-state index in [2.05, 4.69) is 20.6 Å². The van der Waals surface area contributed by atoms with E-state index in [0.717, 1.165) is 21.3 Å². The number of fused-ring (bicyclic) bond motifs is 1. The highest BCUT2D eigenvalue weighted by Crippen LogP contribution is 2.35. The number of amides is 2. The molecule has 0 aliphatic rings. The summed E-state index contributed by atoms with van der Waals surface area (Å²) in [6.45, 7) is 0. The number of rotatable bonds is 3. The highest BCUT2D eigenvalue weighted by molar-refractivity contribution is 7.17. The van der Waals surface area contributed by atoms with Crippen LogP contribution in [0, 0.1) is 0 Å². The van der Waals surface area contributed by atoms with Gasteiger partial charge in [-0.05, 0) is 29.8 Å². The molecule has 2 heterocycles. The van der Waals surface area contributed by atoms with Crippen molar-refractivity contribution < 1.29 is 9.90 Å². The number of anilines is 3. The van der Waals surface area contributed by atoms with E-state index >= 15 is 0 Å². The number of aromatic nitrogens is 2. The van der Waals surface area contributed by atoms with Crippen molar-refractivity contribution in [2.24, 2.45) is 0 Å². The zero-order chi connectivity index (χ0) is 18.8. The average Bonchev–Trinajstić information content (AvgIpc) is 3.08. The van der Waals surface area contributed by atoms with Crippen molar-refractivity contribution in [3.63, 3.8) is 0 Å². The summed E-state index contributed by atoms with van der Waals surface area (Å²) in [6, 6.07) is 13.4. The van der Waals surface area contributed by atoms with Gasteiger partial charge in [-0.25, -0.2) is 14.8 Å². The number of aromatic hydroxyl groups is 1. The van der Waals surface area contributed by atoms with Gasteiger partial charge in [-0.2, -0.15) is 0 Å². The van der Waals surface area contributed by atoms with Crippen LogP contribution in [-0.2, 0) is 0 Å². The van der Waals surface area contributed by atoms with Gasteiger partial charge in [0.1, 0.15) is 22.7 Å². The second-order valence-electron chi connectivity index (χ2n) is 5.80. The molecule has 2 amide bonds. The molecule has 0 saturated heterocycles. The summed E-state index contributed by atoms with van der Waals surface area (Å²) < 4.78 is 0. The van der Waals surface area contributed by atoms with Crippen LogP contribution in [-0.4, -0.2) is 21.1 Å². The van der Waals surface area contributed by atoms with Gasteiger partial charge >= 0.3 is 6.03 Å². The van der Waals surface area contributed by atoms with Crippen LogP contribution in [0.2, 0.25) is 0 Å². The molecule has 0 atom stereocenters. The van der Waals surface area contributed by atoms with Crippen molar-refractivity contribution >= 4 is 44.8 Å². The number of benzene rings is 2. The summed E-state index contributed by atoms with van der Waals surface area (Å²) >= 11 is 1.51. The minimum absolute atomic E-state index is 0.0865. The number of phenolic OH excluding ortho intramolecular Hbond substituents is 1. The fourth-order valence-corrected chi connectivity index (χ4v) is 3.64. The molecule has 0 bridgehead atoms. The van der Waals surface area contributed by atoms with E-state index in [1.165, 1.54) is 29.8 Å². The zero-order valence-corrected chi connectivity index (χ0v) is 14.8. The summed E-state index contributed by atoms with van der Waals surface area (Å²) in [5.74, 6) is 0.535. The van der Waals surface area contributed by atoms with Crippen LogP contribution in [0.4, 0.5) is 22.0 Å². The molecule has 27 heavy (non-hydrogen) atoms. The Balaban J connectivity index is 1.51. The van der Waals surface area contributed by atoms with Crippen molar-refractivity contribution in [2.75, 3.05) is 16.4 Å². The van der Waals surface area contributed by atoms with Crippen molar-refractivity contribution in [1.82, 2.24) is 9.97 Å². The number of carbonyl (C=O) groups is 1. The average molecular weight is 377 g/mol. The van der Waals surface area contributed by atoms with Gasteiger partial charge in [0.2, 0.25) is 0 Å². The number of nitrogens with two attached hydrogens (primary N) is 1. The third kappa shape index (κ3) is 3.51. The van der Waals surface area contributed by atoms with Crippen LogP contribution >= 0.6 is 11.3 Å². The third-order valence-electron chi connectivity index (χ3n) is 3.96. The number of hydrogen-bond acceptors (Lipinski definition) is 6. The van der Waals surface area contributed by atoms with Crippen LogP contribution in [0.1, 0.15) is 0 Å². The maximum Gasteiger partial charge on any atom is 0.323 e. The molecule has 0 spiro atoms. The zero-order valence-electron chi connectivity index (χ0n) is 14.0. The molecule has 8 heteroatoms. The van der Waals surface area contributed by atoms with Crippen molar-refractivity contribution in [3.8, 4) is 16.9 Å². The van der Waals surface area contributed by atoms with Crippen molar-refractivity contribution in [2.45, 2.75) is 0 Å². The fourth-order valence-electron chi connectivity index (χ4n) is 2.72. The lowest BCUT2D eigenvalue weighted by molar-refractivity contribution is 0.262. The van der Waals surface area contributed by atoms with Gasteiger partial charge in [0, 0.05) is 28.4 Å². The molecule has 0 saturated carbocycles. The maximum absolute atomic E-state index is 12.1. The van der Waals surface area contributed by atoms with Gasteiger partial charge in [0.25, 0.3) is 0 Å². The Hall–Kier alpha value is -3.65. The minimum Gasteiger partial charge on any atom is -0.508 e. The van der Waals surface area contributed by atoms with Crippen LogP contribution in [0.3, 0.4) is 0 Å². The molecule has 0 unspecified atom stereocenters. The monoisotopic (exact) mass is 377 g/mol. The number of nitrogens with zero attached hydrogens (tertiary/aromatic N) is 2. The third-order valence-corrected chi connectivity index (χ3v) is 4.84. The van der Waals surface area contributed by atoms with Gasteiger partial charge in [0.15, 0.2) is 0 Å². The van der Waals surface area contributed by atoms with Gasteiger partial charge < -0.3 is 21.5 Å². The molecule has 0 radical (unpaired) electrons. The Labute approximate surface area is 158 Å². The van der Waals surface area contributed by atoms with E-state index in [-0.39, 0.29) is 5.75 Å². The first kappa shape index (κ1) is 16.8. The largest absolute Gasteiger partial charge is 0.508 e.